The van der Waals surface area contributed by atoms with Crippen LogP contribution in [0.2, 0.25) is 0 Å². The Morgan fingerprint density at radius 3 is 1.75 bits per heavy atom. The minimum Gasteiger partial charge on any atom is -0.496 e. The highest BCUT2D eigenvalue weighted by Crippen LogP contribution is 2.35. The molecule has 0 saturated carbocycles. The van der Waals surface area contributed by atoms with Gasteiger partial charge in [0.2, 0.25) is 0 Å². The van der Waals surface area contributed by atoms with E-state index in [4.69, 9.17) is 14.2 Å². The summed E-state index contributed by atoms with van der Waals surface area (Å²) >= 11 is 0. The van der Waals surface area contributed by atoms with E-state index in [9.17, 15) is 4.79 Å². The molecule has 0 saturated heterocycles. The largest absolute Gasteiger partial charge is 0.496 e. The molecular formula is C19H23O4P. The Bertz CT molecular complexity index is 720. The fourth-order valence-electron chi connectivity index (χ4n) is 2.84. The zero-order chi connectivity index (χ0) is 17.9. The number of hydrogen-bond acceptors (Lipinski definition) is 4. The van der Waals surface area contributed by atoms with Crippen LogP contribution in [0.3, 0.4) is 0 Å². The first-order valence-electron chi connectivity index (χ1n) is 7.60. The highest BCUT2D eigenvalue weighted by atomic mass is 31.1. The fourth-order valence-corrected chi connectivity index (χ4v) is 4.18. The Morgan fingerprint density at radius 1 is 0.833 bits per heavy atom. The van der Waals surface area contributed by atoms with Crippen molar-refractivity contribution in [2.24, 2.45) is 0 Å². The first-order chi connectivity index (χ1) is 11.4. The molecule has 0 aliphatic heterocycles. The van der Waals surface area contributed by atoms with Gasteiger partial charge >= 0.3 is 0 Å². The summed E-state index contributed by atoms with van der Waals surface area (Å²) in [7, 11) is 4.65. The summed E-state index contributed by atoms with van der Waals surface area (Å²) in [6, 6.07) is 7.61. The van der Waals surface area contributed by atoms with Crippen molar-refractivity contribution in [1.29, 1.82) is 0 Å². The van der Waals surface area contributed by atoms with Crippen LogP contribution in [-0.2, 0) is 0 Å². The summed E-state index contributed by atoms with van der Waals surface area (Å²) in [5, 5.41) is 0.755. The predicted octanol–water partition coefficient (Wildman–Crippen LogP) is 3.78. The molecule has 0 bridgehead atoms. The summed E-state index contributed by atoms with van der Waals surface area (Å²) in [4.78, 5) is 12.9. The van der Waals surface area contributed by atoms with Gasteiger partial charge in [-0.25, -0.2) is 0 Å². The van der Waals surface area contributed by atoms with E-state index in [0.717, 1.165) is 27.6 Å². The highest BCUT2D eigenvalue weighted by molar-refractivity contribution is 7.66. The van der Waals surface area contributed by atoms with E-state index in [1.54, 1.807) is 33.5 Å². The van der Waals surface area contributed by atoms with Crippen LogP contribution < -0.4 is 19.5 Å². The molecule has 0 amide bonds. The smallest absolute Gasteiger partial charge is 0.186 e. The SMILES string of the molecule is COc1cc(OC)c(PC(=O)c2c(C)cc(C)cc2C)c(OC)c1. The molecule has 0 N–H and O–H groups in total. The maximum Gasteiger partial charge on any atom is 0.186 e. The summed E-state index contributed by atoms with van der Waals surface area (Å²) in [5.41, 5.74) is 4.00. The van der Waals surface area contributed by atoms with E-state index in [0.29, 0.717) is 17.2 Å². The third kappa shape index (κ3) is 3.70. The Hall–Kier alpha value is -2.06. The number of carbonyl (C=O) groups excluding carboxylic acids is 1. The lowest BCUT2D eigenvalue weighted by atomic mass is 10.0. The standard InChI is InChI=1S/C19H23O4P/c1-11-7-12(2)17(13(3)8-11)19(20)24-18-15(22-5)9-14(21-4)10-16(18)23-6/h7-10,24H,1-6H3. The Morgan fingerprint density at radius 2 is 1.33 bits per heavy atom. The topological polar surface area (TPSA) is 44.8 Å². The molecule has 0 spiro atoms. The molecule has 1 unspecified atom stereocenters. The average molecular weight is 346 g/mol. The number of rotatable bonds is 6. The Kier molecular flexibility index (Phi) is 5.84. The van der Waals surface area contributed by atoms with Crippen LogP contribution in [0.4, 0.5) is 0 Å². The van der Waals surface area contributed by atoms with Crippen LogP contribution in [0.15, 0.2) is 24.3 Å². The molecule has 2 aromatic rings. The van der Waals surface area contributed by atoms with E-state index < -0.39 is 0 Å². The molecule has 0 fully saturated rings. The van der Waals surface area contributed by atoms with Gasteiger partial charge in [-0.05, 0) is 40.5 Å². The molecule has 2 aromatic carbocycles. The predicted molar refractivity (Wildman–Crippen MR) is 99.0 cm³/mol. The van der Waals surface area contributed by atoms with Crippen molar-refractivity contribution in [1.82, 2.24) is 0 Å². The first-order valence-corrected chi connectivity index (χ1v) is 8.60. The maximum atomic E-state index is 12.9. The van der Waals surface area contributed by atoms with Crippen LogP contribution in [0.1, 0.15) is 27.0 Å². The lowest BCUT2D eigenvalue weighted by Crippen LogP contribution is -2.11. The van der Waals surface area contributed by atoms with Gasteiger partial charge in [0.15, 0.2) is 5.52 Å². The van der Waals surface area contributed by atoms with Crippen molar-refractivity contribution >= 4 is 19.4 Å². The number of ether oxygens (including phenoxy) is 3. The van der Waals surface area contributed by atoms with Gasteiger partial charge in [-0.2, -0.15) is 0 Å². The van der Waals surface area contributed by atoms with E-state index in [2.05, 4.69) is 0 Å². The Balaban J connectivity index is 2.46. The molecule has 0 heterocycles. The lowest BCUT2D eigenvalue weighted by molar-refractivity contribution is 0.108. The van der Waals surface area contributed by atoms with Crippen molar-refractivity contribution < 1.29 is 19.0 Å². The molecule has 1 atom stereocenters. The number of benzene rings is 2. The Labute approximate surface area is 144 Å². The van der Waals surface area contributed by atoms with E-state index in [-0.39, 0.29) is 14.1 Å². The molecule has 24 heavy (non-hydrogen) atoms. The van der Waals surface area contributed by atoms with E-state index in [1.165, 1.54) is 0 Å². The molecule has 0 aliphatic rings. The third-order valence-electron chi connectivity index (χ3n) is 3.86. The molecule has 0 aromatic heterocycles. The average Bonchev–Trinajstić information content (AvgIpc) is 2.53. The summed E-state index contributed by atoms with van der Waals surface area (Å²) in [6.07, 6.45) is 0. The second kappa shape index (κ2) is 7.67. The summed E-state index contributed by atoms with van der Waals surface area (Å²) in [5.74, 6) is 1.83. The van der Waals surface area contributed by atoms with Gasteiger partial charge in [-0.1, -0.05) is 17.7 Å². The van der Waals surface area contributed by atoms with Crippen molar-refractivity contribution in [2.45, 2.75) is 20.8 Å². The normalized spacial score (nSPS) is 10.9. The number of hydrogen-bond donors (Lipinski definition) is 0. The second-order valence-corrected chi connectivity index (χ2v) is 6.84. The van der Waals surface area contributed by atoms with Gasteiger partial charge in [0, 0.05) is 17.7 Å². The van der Waals surface area contributed by atoms with Crippen molar-refractivity contribution in [3.05, 3.63) is 46.5 Å². The number of aryl methyl sites for hydroxylation is 3. The number of carbonyl (C=O) groups is 1. The van der Waals surface area contributed by atoms with E-state index in [1.807, 2.05) is 32.9 Å². The monoisotopic (exact) mass is 346 g/mol. The molecule has 4 nitrogen and oxygen atoms in total. The lowest BCUT2D eigenvalue weighted by Gasteiger charge is -2.16. The van der Waals surface area contributed by atoms with Gasteiger partial charge < -0.3 is 14.2 Å². The first kappa shape index (κ1) is 18.3. The highest BCUT2D eigenvalue weighted by Gasteiger charge is 2.20. The fraction of sp³-hybridized carbons (Fsp3) is 0.316. The zero-order valence-electron chi connectivity index (χ0n) is 14.9. The number of methoxy groups -OCH3 is 3. The molecule has 2 rings (SSSR count). The summed E-state index contributed by atoms with van der Waals surface area (Å²) < 4.78 is 16.1. The third-order valence-corrected chi connectivity index (χ3v) is 5.08. The van der Waals surface area contributed by atoms with E-state index >= 15 is 0 Å². The minimum atomic E-state index is -0.0901. The van der Waals surface area contributed by atoms with Crippen LogP contribution in [-0.4, -0.2) is 26.9 Å². The van der Waals surface area contributed by atoms with Crippen molar-refractivity contribution in [2.75, 3.05) is 21.3 Å². The molecule has 128 valence electrons. The molecule has 5 heteroatoms. The van der Waals surface area contributed by atoms with Gasteiger partial charge in [0.25, 0.3) is 0 Å². The van der Waals surface area contributed by atoms with Gasteiger partial charge in [-0.15, -0.1) is 0 Å². The summed E-state index contributed by atoms with van der Waals surface area (Å²) in [6.45, 7) is 5.98. The molecule has 0 radical (unpaired) electrons. The van der Waals surface area contributed by atoms with Gasteiger partial charge in [0.05, 0.1) is 26.6 Å². The minimum absolute atomic E-state index is 0.0757. The maximum absolute atomic E-state index is 12.9. The zero-order valence-corrected chi connectivity index (χ0v) is 15.9. The molecule has 0 aliphatic carbocycles. The quantitative estimate of drug-likeness (QED) is 0.747. The van der Waals surface area contributed by atoms with Gasteiger partial charge in [-0.3, -0.25) is 4.79 Å². The van der Waals surface area contributed by atoms with Crippen molar-refractivity contribution in [3.8, 4) is 17.2 Å². The van der Waals surface area contributed by atoms with Crippen LogP contribution in [0, 0.1) is 20.8 Å². The second-order valence-electron chi connectivity index (χ2n) is 5.63. The van der Waals surface area contributed by atoms with Crippen LogP contribution in [0.5, 0.6) is 17.2 Å². The van der Waals surface area contributed by atoms with Crippen molar-refractivity contribution in [3.63, 3.8) is 0 Å². The van der Waals surface area contributed by atoms with Crippen LogP contribution >= 0.6 is 8.58 Å². The van der Waals surface area contributed by atoms with Crippen LogP contribution in [0.25, 0.3) is 0 Å². The van der Waals surface area contributed by atoms with Gasteiger partial charge in [0.1, 0.15) is 17.2 Å². The molecular weight excluding hydrogens is 323 g/mol.